The van der Waals surface area contributed by atoms with Crippen molar-refractivity contribution in [1.29, 1.82) is 0 Å². The van der Waals surface area contributed by atoms with E-state index in [9.17, 15) is 13.2 Å². The molecule has 0 amide bonds. The summed E-state index contributed by atoms with van der Waals surface area (Å²) in [6.45, 7) is 0. The summed E-state index contributed by atoms with van der Waals surface area (Å²) in [6.07, 6.45) is 2.09. The predicted octanol–water partition coefficient (Wildman–Crippen LogP) is -0.764. The third-order valence-electron chi connectivity index (χ3n) is 1.00. The van der Waals surface area contributed by atoms with Gasteiger partial charge in [-0.3, -0.25) is 9.08 Å². The van der Waals surface area contributed by atoms with Gasteiger partial charge >= 0.3 is 10.1 Å². The molecule has 0 N–H and O–H groups in total. The number of hydrogen-bond donors (Lipinski definition) is 0. The molecule has 1 aromatic rings. The van der Waals surface area contributed by atoms with Crippen LogP contribution in [0.3, 0.4) is 0 Å². The lowest BCUT2D eigenvalue weighted by atomic mass is 10.5. The van der Waals surface area contributed by atoms with Crippen molar-refractivity contribution < 1.29 is 12.7 Å². The van der Waals surface area contributed by atoms with Gasteiger partial charge in [0.25, 0.3) is 5.56 Å². The first-order chi connectivity index (χ1) is 5.49. The number of rotatable bonds is 2. The van der Waals surface area contributed by atoms with Crippen LogP contribution in [0.25, 0.3) is 0 Å². The second-order valence-electron chi connectivity index (χ2n) is 2.14. The SMILES string of the molecule is CS(=O)(=O)On1ccccc1=O. The quantitative estimate of drug-likeness (QED) is 0.613. The fourth-order valence-electron chi connectivity index (χ4n) is 0.620. The lowest BCUT2D eigenvalue weighted by Crippen LogP contribution is -2.28. The van der Waals surface area contributed by atoms with Gasteiger partial charge in [0.15, 0.2) is 0 Å². The highest BCUT2D eigenvalue weighted by atomic mass is 32.2. The monoisotopic (exact) mass is 189 g/mol. The Bertz CT molecular complexity index is 419. The Morgan fingerprint density at radius 1 is 1.42 bits per heavy atom. The lowest BCUT2D eigenvalue weighted by molar-refractivity contribution is 0.270. The largest absolute Gasteiger partial charge is 0.324 e. The minimum atomic E-state index is -3.64. The maximum Gasteiger partial charge on any atom is 0.324 e. The molecule has 0 aliphatic heterocycles. The van der Waals surface area contributed by atoms with E-state index in [0.717, 1.165) is 6.26 Å². The second kappa shape index (κ2) is 2.98. The lowest BCUT2D eigenvalue weighted by Gasteiger charge is -2.02. The van der Waals surface area contributed by atoms with Crippen LogP contribution in [0.15, 0.2) is 29.2 Å². The van der Waals surface area contributed by atoms with Crippen LogP contribution < -0.4 is 9.84 Å². The third-order valence-corrected chi connectivity index (χ3v) is 1.44. The average molecular weight is 189 g/mol. The van der Waals surface area contributed by atoms with Crippen LogP contribution in [-0.2, 0) is 10.1 Å². The Kier molecular flexibility index (Phi) is 2.18. The Hall–Kier alpha value is -1.30. The zero-order chi connectivity index (χ0) is 9.19. The van der Waals surface area contributed by atoms with Gasteiger partial charge in [-0.1, -0.05) is 6.07 Å². The first-order valence-corrected chi connectivity index (χ1v) is 4.88. The van der Waals surface area contributed by atoms with Crippen LogP contribution >= 0.6 is 0 Å². The molecule has 6 heteroatoms. The van der Waals surface area contributed by atoms with Gasteiger partial charge in [0.2, 0.25) is 0 Å². The predicted molar refractivity (Wildman–Crippen MR) is 42.1 cm³/mol. The highest BCUT2D eigenvalue weighted by Crippen LogP contribution is 1.82. The molecule has 12 heavy (non-hydrogen) atoms. The highest BCUT2D eigenvalue weighted by Gasteiger charge is 2.03. The molecule has 0 aromatic carbocycles. The van der Waals surface area contributed by atoms with E-state index < -0.39 is 15.7 Å². The molecule has 0 aliphatic rings. The van der Waals surface area contributed by atoms with Crippen molar-refractivity contribution in [3.05, 3.63) is 34.7 Å². The van der Waals surface area contributed by atoms with Crippen LogP contribution in [0.1, 0.15) is 0 Å². The van der Waals surface area contributed by atoms with E-state index in [2.05, 4.69) is 4.28 Å². The smallest absolute Gasteiger partial charge is 0.284 e. The van der Waals surface area contributed by atoms with Crippen LogP contribution in [0, 0.1) is 0 Å². The maximum absolute atomic E-state index is 10.9. The van der Waals surface area contributed by atoms with Gasteiger partial charge in [-0.25, -0.2) is 0 Å². The minimum absolute atomic E-state index is 0.525. The summed E-state index contributed by atoms with van der Waals surface area (Å²) in [5.41, 5.74) is -0.525. The number of pyridine rings is 1. The molecule has 5 nitrogen and oxygen atoms in total. The minimum Gasteiger partial charge on any atom is -0.284 e. The normalized spacial score (nSPS) is 11.1. The molecule has 66 valence electrons. The van der Waals surface area contributed by atoms with Crippen LogP contribution in [0.2, 0.25) is 0 Å². The van der Waals surface area contributed by atoms with Gasteiger partial charge in [-0.05, 0) is 6.07 Å². The van der Waals surface area contributed by atoms with Crippen molar-refractivity contribution in [1.82, 2.24) is 4.73 Å². The number of nitrogens with zero attached hydrogens (tertiary/aromatic N) is 1. The van der Waals surface area contributed by atoms with Gasteiger partial charge in [-0.15, -0.1) is 4.73 Å². The van der Waals surface area contributed by atoms with Crippen LogP contribution in [0.5, 0.6) is 0 Å². The van der Waals surface area contributed by atoms with E-state index in [4.69, 9.17) is 0 Å². The maximum atomic E-state index is 10.9. The Balaban J connectivity index is 3.07. The van der Waals surface area contributed by atoms with Crippen molar-refractivity contribution in [2.24, 2.45) is 0 Å². The van der Waals surface area contributed by atoms with E-state index in [0.29, 0.717) is 4.73 Å². The summed E-state index contributed by atoms with van der Waals surface area (Å²) in [7, 11) is -3.64. The first kappa shape index (κ1) is 8.79. The van der Waals surface area contributed by atoms with Gasteiger partial charge < -0.3 is 0 Å². The van der Waals surface area contributed by atoms with E-state index >= 15 is 0 Å². The Morgan fingerprint density at radius 3 is 2.58 bits per heavy atom. The fourth-order valence-corrected chi connectivity index (χ4v) is 1.03. The second-order valence-corrected chi connectivity index (χ2v) is 3.70. The summed E-state index contributed by atoms with van der Waals surface area (Å²) in [4.78, 5) is 10.9. The fraction of sp³-hybridized carbons (Fsp3) is 0.167. The van der Waals surface area contributed by atoms with E-state index in [-0.39, 0.29) is 0 Å². The first-order valence-electron chi connectivity index (χ1n) is 3.07. The van der Waals surface area contributed by atoms with Crippen molar-refractivity contribution in [3.63, 3.8) is 0 Å². The topological polar surface area (TPSA) is 65.4 Å². The van der Waals surface area contributed by atoms with Gasteiger partial charge in [-0.2, -0.15) is 8.42 Å². The summed E-state index contributed by atoms with van der Waals surface area (Å²) < 4.78 is 26.1. The van der Waals surface area contributed by atoms with E-state index in [1.54, 1.807) is 0 Å². The summed E-state index contributed by atoms with van der Waals surface area (Å²) >= 11 is 0. The molecule has 0 bridgehead atoms. The van der Waals surface area contributed by atoms with Crippen molar-refractivity contribution in [3.8, 4) is 0 Å². The Labute approximate surface area is 69.3 Å². The molecule has 0 unspecified atom stereocenters. The van der Waals surface area contributed by atoms with E-state index in [1.165, 1.54) is 24.4 Å². The van der Waals surface area contributed by atoms with Crippen molar-refractivity contribution in [2.75, 3.05) is 6.26 Å². The zero-order valence-electron chi connectivity index (χ0n) is 6.30. The number of aromatic nitrogens is 1. The van der Waals surface area contributed by atoms with Gasteiger partial charge in [0.1, 0.15) is 0 Å². The molecule has 0 radical (unpaired) electrons. The van der Waals surface area contributed by atoms with Gasteiger partial charge in [0, 0.05) is 12.3 Å². The summed E-state index contributed by atoms with van der Waals surface area (Å²) in [5.74, 6) is 0. The molecule has 1 aromatic heterocycles. The summed E-state index contributed by atoms with van der Waals surface area (Å²) in [6, 6.07) is 4.18. The highest BCUT2D eigenvalue weighted by molar-refractivity contribution is 7.86. The average Bonchev–Trinajstić information content (AvgIpc) is 1.91. The molecule has 0 fully saturated rings. The standard InChI is InChI=1S/C6H7NO4S/c1-12(9,10)11-7-5-3-2-4-6(7)8/h2-5H,1H3. The molecule has 0 aliphatic carbocycles. The molecule has 0 saturated carbocycles. The molecule has 1 rings (SSSR count). The van der Waals surface area contributed by atoms with Crippen LogP contribution in [0.4, 0.5) is 0 Å². The zero-order valence-corrected chi connectivity index (χ0v) is 7.11. The molecule has 0 saturated heterocycles. The molecule has 1 heterocycles. The van der Waals surface area contributed by atoms with Crippen molar-refractivity contribution >= 4 is 10.1 Å². The van der Waals surface area contributed by atoms with Crippen LogP contribution in [-0.4, -0.2) is 19.4 Å². The molecule has 0 spiro atoms. The molecular weight excluding hydrogens is 182 g/mol. The van der Waals surface area contributed by atoms with Crippen molar-refractivity contribution in [2.45, 2.75) is 0 Å². The number of hydrogen-bond acceptors (Lipinski definition) is 4. The van der Waals surface area contributed by atoms with Gasteiger partial charge in [0.05, 0.1) is 6.26 Å². The Morgan fingerprint density at radius 2 is 2.08 bits per heavy atom. The summed E-state index contributed by atoms with van der Waals surface area (Å²) in [5, 5.41) is 0. The third kappa shape index (κ3) is 2.39. The van der Waals surface area contributed by atoms with E-state index in [1.807, 2.05) is 0 Å². The molecular formula is C6H7NO4S. The molecule has 0 atom stereocenters.